The van der Waals surface area contributed by atoms with E-state index in [0.717, 1.165) is 4.31 Å². The number of carbonyl (C=O) groups is 1. The summed E-state index contributed by atoms with van der Waals surface area (Å²) in [5.41, 5.74) is 0.645. The van der Waals surface area contributed by atoms with E-state index in [4.69, 9.17) is 5.11 Å². The zero-order valence-corrected chi connectivity index (χ0v) is 12.1. The lowest BCUT2D eigenvalue weighted by atomic mass is 10.2. The molecule has 1 fully saturated rings. The fraction of sp³-hybridized carbons (Fsp3) is 0.417. The van der Waals surface area contributed by atoms with Crippen molar-refractivity contribution in [2.24, 2.45) is 0 Å². The molecule has 5 nitrogen and oxygen atoms in total. The number of amides is 1. The summed E-state index contributed by atoms with van der Waals surface area (Å²) in [6.45, 7) is 2.56. The fourth-order valence-corrected chi connectivity index (χ4v) is 4.15. The summed E-state index contributed by atoms with van der Waals surface area (Å²) in [5.74, 6) is 4.84. The number of rotatable bonds is 2. The van der Waals surface area contributed by atoms with Gasteiger partial charge in [0.05, 0.1) is 6.54 Å². The molecule has 19 heavy (non-hydrogen) atoms. The van der Waals surface area contributed by atoms with Crippen LogP contribution >= 0.6 is 11.3 Å². The normalized spacial score (nSPS) is 19.5. The van der Waals surface area contributed by atoms with Gasteiger partial charge in [-0.05, 0) is 25.3 Å². The van der Waals surface area contributed by atoms with Crippen LogP contribution in [0.3, 0.4) is 0 Å². The molecule has 1 aromatic rings. The molecule has 2 heterocycles. The van der Waals surface area contributed by atoms with E-state index in [1.54, 1.807) is 11.4 Å². The van der Waals surface area contributed by atoms with E-state index in [1.807, 2.05) is 0 Å². The smallest absolute Gasteiger partial charge is 0.259 e. The van der Waals surface area contributed by atoms with E-state index in [9.17, 15) is 13.2 Å². The third kappa shape index (κ3) is 2.06. The molecule has 1 N–H and O–H groups in total. The lowest BCUT2D eigenvalue weighted by Crippen LogP contribution is -2.66. The van der Waals surface area contributed by atoms with Gasteiger partial charge in [0, 0.05) is 10.4 Å². The zero-order valence-electron chi connectivity index (χ0n) is 10.5. The quantitative estimate of drug-likeness (QED) is 0.809. The maximum atomic E-state index is 12.0. The molecule has 1 amide bonds. The van der Waals surface area contributed by atoms with Crippen molar-refractivity contribution in [2.45, 2.75) is 25.1 Å². The van der Waals surface area contributed by atoms with Gasteiger partial charge in [0.15, 0.2) is 4.75 Å². The lowest BCUT2D eigenvalue weighted by molar-refractivity contribution is -0.132. The van der Waals surface area contributed by atoms with Gasteiger partial charge in [0.1, 0.15) is 6.61 Å². The molecule has 0 unspecified atom stereocenters. The number of aliphatic hydroxyl groups is 1. The number of carbonyl (C=O) groups excluding carboxylic acids is 1. The molecule has 0 saturated carbocycles. The molecule has 0 spiro atoms. The second-order valence-corrected chi connectivity index (χ2v) is 7.96. The summed E-state index contributed by atoms with van der Waals surface area (Å²) in [6.07, 6.45) is 0. The Kier molecular flexibility index (Phi) is 3.43. The van der Waals surface area contributed by atoms with E-state index < -0.39 is 20.7 Å². The van der Waals surface area contributed by atoms with Crippen molar-refractivity contribution in [1.29, 1.82) is 0 Å². The summed E-state index contributed by atoms with van der Waals surface area (Å²) in [6, 6.07) is 1.74. The molecule has 1 aliphatic rings. The highest BCUT2D eigenvalue weighted by Crippen LogP contribution is 2.37. The number of hydrogen-bond acceptors (Lipinski definition) is 5. The minimum atomic E-state index is -3.57. The van der Waals surface area contributed by atoms with Crippen LogP contribution in [-0.2, 0) is 21.4 Å². The molecule has 1 aromatic heterocycles. The first-order valence-corrected chi connectivity index (χ1v) is 7.87. The first kappa shape index (κ1) is 14.1. The van der Waals surface area contributed by atoms with Gasteiger partial charge in [-0.15, -0.1) is 11.3 Å². The first-order chi connectivity index (χ1) is 8.82. The molecular formula is C12H13NO4S2. The van der Waals surface area contributed by atoms with Crippen molar-refractivity contribution in [3.63, 3.8) is 0 Å². The van der Waals surface area contributed by atoms with Gasteiger partial charge in [-0.3, -0.25) is 4.79 Å². The second-order valence-electron chi connectivity index (χ2n) is 4.54. The minimum Gasteiger partial charge on any atom is -0.384 e. The van der Waals surface area contributed by atoms with E-state index in [2.05, 4.69) is 11.8 Å². The largest absolute Gasteiger partial charge is 0.384 e. The Morgan fingerprint density at radius 1 is 1.47 bits per heavy atom. The van der Waals surface area contributed by atoms with Crippen molar-refractivity contribution < 1.29 is 18.3 Å². The molecular weight excluding hydrogens is 286 g/mol. The third-order valence-electron chi connectivity index (χ3n) is 3.01. The van der Waals surface area contributed by atoms with E-state index in [1.165, 1.54) is 25.2 Å². The third-order valence-corrected chi connectivity index (χ3v) is 6.26. The Morgan fingerprint density at radius 2 is 2.16 bits per heavy atom. The maximum absolute atomic E-state index is 12.0. The van der Waals surface area contributed by atoms with Crippen LogP contribution in [0.25, 0.3) is 0 Å². The molecule has 0 aromatic carbocycles. The molecule has 0 radical (unpaired) electrons. The number of thiophene rings is 1. The van der Waals surface area contributed by atoms with Gasteiger partial charge in [-0.1, -0.05) is 11.8 Å². The van der Waals surface area contributed by atoms with E-state index in [-0.39, 0.29) is 13.2 Å². The average Bonchev–Trinajstić information content (AvgIpc) is 2.79. The molecule has 102 valence electrons. The van der Waals surface area contributed by atoms with Crippen molar-refractivity contribution in [3.05, 3.63) is 21.9 Å². The van der Waals surface area contributed by atoms with Gasteiger partial charge in [0.2, 0.25) is 0 Å². The highest BCUT2D eigenvalue weighted by molar-refractivity contribution is 7.94. The van der Waals surface area contributed by atoms with Crippen LogP contribution in [0.15, 0.2) is 11.4 Å². The summed E-state index contributed by atoms with van der Waals surface area (Å²) in [4.78, 5) is 12.5. The topological polar surface area (TPSA) is 74.7 Å². The van der Waals surface area contributed by atoms with Crippen molar-refractivity contribution in [2.75, 3.05) is 6.61 Å². The molecule has 2 rings (SSSR count). The van der Waals surface area contributed by atoms with E-state index in [0.29, 0.717) is 10.4 Å². The van der Waals surface area contributed by atoms with Crippen LogP contribution in [0, 0.1) is 11.8 Å². The Balaban J connectivity index is 2.25. The van der Waals surface area contributed by atoms with Crippen molar-refractivity contribution >= 4 is 27.3 Å². The standard InChI is InChI=1S/C12H13NO4S2/c1-12(2)11(15)13(19(12,16)17)8-10-9(4-3-6-14)5-7-18-10/h5,7,14H,6,8H2,1-2H3. The van der Waals surface area contributed by atoms with Crippen LogP contribution in [-0.4, -0.2) is 35.1 Å². The predicted molar refractivity (Wildman–Crippen MR) is 71.8 cm³/mol. The van der Waals surface area contributed by atoms with Gasteiger partial charge in [-0.25, -0.2) is 12.7 Å². The van der Waals surface area contributed by atoms with Gasteiger partial charge < -0.3 is 5.11 Å². The Labute approximate surface area is 115 Å². The fourth-order valence-electron chi connectivity index (χ4n) is 1.75. The van der Waals surface area contributed by atoms with E-state index >= 15 is 0 Å². The Morgan fingerprint density at radius 3 is 2.74 bits per heavy atom. The summed E-state index contributed by atoms with van der Waals surface area (Å²) in [7, 11) is -3.57. The average molecular weight is 299 g/mol. The Hall–Kier alpha value is -1.36. The summed E-state index contributed by atoms with van der Waals surface area (Å²) < 4.78 is 23.5. The van der Waals surface area contributed by atoms with Crippen LogP contribution in [0.2, 0.25) is 0 Å². The maximum Gasteiger partial charge on any atom is 0.259 e. The summed E-state index contributed by atoms with van der Waals surface area (Å²) >= 11 is 1.34. The molecule has 1 saturated heterocycles. The SMILES string of the molecule is CC1(C)C(=O)N(Cc2sccc2C#CCO)S1(=O)=O. The molecule has 1 aliphatic heterocycles. The van der Waals surface area contributed by atoms with Gasteiger partial charge in [-0.2, -0.15) is 0 Å². The first-order valence-electron chi connectivity index (χ1n) is 5.55. The summed E-state index contributed by atoms with van der Waals surface area (Å²) in [5, 5.41) is 10.4. The minimum absolute atomic E-state index is 0.0116. The van der Waals surface area contributed by atoms with Crippen LogP contribution in [0.5, 0.6) is 0 Å². The number of nitrogens with zero attached hydrogens (tertiary/aromatic N) is 1. The van der Waals surface area contributed by atoms with Crippen LogP contribution in [0.1, 0.15) is 24.3 Å². The molecule has 0 bridgehead atoms. The highest BCUT2D eigenvalue weighted by atomic mass is 32.2. The Bertz CT molecular complexity index is 676. The number of hydrogen-bond donors (Lipinski definition) is 1. The van der Waals surface area contributed by atoms with Crippen molar-refractivity contribution in [1.82, 2.24) is 4.31 Å². The molecule has 0 atom stereocenters. The molecule has 7 heteroatoms. The predicted octanol–water partition coefficient (Wildman–Crippen LogP) is 0.542. The van der Waals surface area contributed by atoms with Crippen LogP contribution in [0.4, 0.5) is 0 Å². The second kappa shape index (κ2) is 4.63. The number of aliphatic hydroxyl groups excluding tert-OH is 1. The van der Waals surface area contributed by atoms with Gasteiger partial charge >= 0.3 is 0 Å². The highest BCUT2D eigenvalue weighted by Gasteiger charge is 2.60. The zero-order chi connectivity index (χ0) is 14.3. The van der Waals surface area contributed by atoms with Crippen LogP contribution < -0.4 is 0 Å². The van der Waals surface area contributed by atoms with Crippen molar-refractivity contribution in [3.8, 4) is 11.8 Å². The lowest BCUT2D eigenvalue weighted by Gasteiger charge is -2.42. The van der Waals surface area contributed by atoms with Gasteiger partial charge in [0.25, 0.3) is 15.9 Å². The monoisotopic (exact) mass is 299 g/mol. The number of sulfonamides is 1. The molecule has 0 aliphatic carbocycles.